The molecule has 0 aromatic heterocycles. The van der Waals surface area contributed by atoms with Crippen molar-refractivity contribution in [1.82, 2.24) is 4.31 Å². The van der Waals surface area contributed by atoms with Crippen LogP contribution >= 0.6 is 11.6 Å². The molecule has 6 heteroatoms. The minimum Gasteiger partial charge on any atom is -0.207 e. The van der Waals surface area contributed by atoms with Crippen LogP contribution in [0.2, 0.25) is 5.02 Å². The Morgan fingerprint density at radius 3 is 2.32 bits per heavy atom. The summed E-state index contributed by atoms with van der Waals surface area (Å²) in [5.74, 6) is 0.202. The second-order valence-corrected chi connectivity index (χ2v) is 7.16. The molecular formula is C13H17ClN2O2S. The highest BCUT2D eigenvalue weighted by molar-refractivity contribution is 7.89. The molecule has 0 aliphatic rings. The quantitative estimate of drug-likeness (QED) is 0.859. The molecular weight excluding hydrogens is 284 g/mol. The fourth-order valence-electron chi connectivity index (χ4n) is 1.55. The molecule has 1 unspecified atom stereocenters. The molecule has 0 amide bonds. The van der Waals surface area contributed by atoms with Gasteiger partial charge in [-0.25, -0.2) is 8.42 Å². The van der Waals surface area contributed by atoms with E-state index in [4.69, 9.17) is 16.9 Å². The molecule has 19 heavy (non-hydrogen) atoms. The highest BCUT2D eigenvalue weighted by Crippen LogP contribution is 2.24. The SMILES string of the molecule is CC(C)C(C)N(C)S(=O)(=O)c1ccc(C#N)c(Cl)c1. The molecule has 0 saturated heterocycles. The standard InChI is InChI=1S/C13H17ClN2O2S/c1-9(2)10(3)16(4)19(17,18)12-6-5-11(8-15)13(14)7-12/h5-7,9-10H,1-4H3. The van der Waals surface area contributed by atoms with E-state index in [1.54, 1.807) is 7.05 Å². The Labute approximate surface area is 119 Å². The zero-order valence-corrected chi connectivity index (χ0v) is 13.0. The third kappa shape index (κ3) is 3.27. The van der Waals surface area contributed by atoms with Crippen molar-refractivity contribution < 1.29 is 8.42 Å². The van der Waals surface area contributed by atoms with Gasteiger partial charge in [0, 0.05) is 13.1 Å². The summed E-state index contributed by atoms with van der Waals surface area (Å²) in [6.45, 7) is 5.78. The number of halogens is 1. The molecule has 0 fully saturated rings. The maximum absolute atomic E-state index is 12.4. The van der Waals surface area contributed by atoms with E-state index in [1.165, 1.54) is 22.5 Å². The Bertz CT molecular complexity index is 606. The van der Waals surface area contributed by atoms with Crippen LogP contribution in [0, 0.1) is 17.2 Å². The highest BCUT2D eigenvalue weighted by atomic mass is 35.5. The molecule has 104 valence electrons. The predicted octanol–water partition coefficient (Wildman–Crippen LogP) is 2.88. The Morgan fingerprint density at radius 1 is 1.32 bits per heavy atom. The van der Waals surface area contributed by atoms with E-state index in [-0.39, 0.29) is 27.4 Å². The van der Waals surface area contributed by atoms with Gasteiger partial charge >= 0.3 is 0 Å². The minimum atomic E-state index is -3.59. The van der Waals surface area contributed by atoms with Gasteiger partial charge in [-0.3, -0.25) is 0 Å². The van der Waals surface area contributed by atoms with Crippen LogP contribution in [0.5, 0.6) is 0 Å². The van der Waals surface area contributed by atoms with Gasteiger partial charge in [0.2, 0.25) is 10.0 Å². The Balaban J connectivity index is 3.22. The van der Waals surface area contributed by atoms with Crippen molar-refractivity contribution in [3.8, 4) is 6.07 Å². The van der Waals surface area contributed by atoms with Crippen LogP contribution in [0.3, 0.4) is 0 Å². The fourth-order valence-corrected chi connectivity index (χ4v) is 3.36. The summed E-state index contributed by atoms with van der Waals surface area (Å²) in [5, 5.41) is 8.94. The van der Waals surface area contributed by atoms with Crippen molar-refractivity contribution >= 4 is 21.6 Å². The summed E-state index contributed by atoms with van der Waals surface area (Å²) in [6.07, 6.45) is 0. The van der Waals surface area contributed by atoms with Crippen LogP contribution in [0.25, 0.3) is 0 Å². The third-order valence-corrected chi connectivity index (χ3v) is 5.53. The number of hydrogen-bond donors (Lipinski definition) is 0. The molecule has 0 heterocycles. The van der Waals surface area contributed by atoms with Gasteiger partial charge in [-0.2, -0.15) is 9.57 Å². The molecule has 0 aliphatic carbocycles. The van der Waals surface area contributed by atoms with Crippen molar-refractivity contribution in [3.05, 3.63) is 28.8 Å². The van der Waals surface area contributed by atoms with Crippen molar-refractivity contribution in [2.24, 2.45) is 5.92 Å². The second kappa shape index (κ2) is 5.91. The van der Waals surface area contributed by atoms with Crippen molar-refractivity contribution in [2.75, 3.05) is 7.05 Å². The van der Waals surface area contributed by atoms with Gasteiger partial charge in [0.05, 0.1) is 15.5 Å². The number of nitriles is 1. The van der Waals surface area contributed by atoms with Crippen molar-refractivity contribution in [3.63, 3.8) is 0 Å². The summed E-state index contributed by atoms with van der Waals surface area (Å²) >= 11 is 5.88. The molecule has 0 saturated carbocycles. The van der Waals surface area contributed by atoms with E-state index in [0.29, 0.717) is 0 Å². The van der Waals surface area contributed by atoms with Crippen LogP contribution in [-0.2, 0) is 10.0 Å². The largest absolute Gasteiger partial charge is 0.243 e. The van der Waals surface area contributed by atoms with Crippen LogP contribution in [0.1, 0.15) is 26.3 Å². The van der Waals surface area contributed by atoms with E-state index in [9.17, 15) is 8.42 Å². The molecule has 0 bridgehead atoms. The van der Waals surface area contributed by atoms with Gasteiger partial charge in [0.15, 0.2) is 0 Å². The third-order valence-electron chi connectivity index (χ3n) is 3.28. The Kier molecular flexibility index (Phi) is 4.97. The number of benzene rings is 1. The van der Waals surface area contributed by atoms with Crippen LogP contribution < -0.4 is 0 Å². The summed E-state index contributed by atoms with van der Waals surface area (Å²) in [7, 11) is -2.04. The number of hydrogen-bond acceptors (Lipinski definition) is 3. The summed E-state index contributed by atoms with van der Waals surface area (Å²) in [5.41, 5.74) is 0.264. The zero-order valence-electron chi connectivity index (χ0n) is 11.4. The molecule has 0 radical (unpaired) electrons. The lowest BCUT2D eigenvalue weighted by Crippen LogP contribution is -2.38. The smallest absolute Gasteiger partial charge is 0.207 e. The van der Waals surface area contributed by atoms with Crippen LogP contribution in [0.15, 0.2) is 23.1 Å². The molecule has 1 aromatic carbocycles. The zero-order chi connectivity index (χ0) is 14.8. The first-order valence-corrected chi connectivity index (χ1v) is 7.71. The van der Waals surface area contributed by atoms with Gasteiger partial charge in [0.25, 0.3) is 0 Å². The van der Waals surface area contributed by atoms with Gasteiger partial charge in [0.1, 0.15) is 6.07 Å². The Morgan fingerprint density at radius 2 is 1.89 bits per heavy atom. The lowest BCUT2D eigenvalue weighted by molar-refractivity contribution is 0.316. The van der Waals surface area contributed by atoms with Crippen LogP contribution in [-0.4, -0.2) is 25.8 Å². The first-order valence-electron chi connectivity index (χ1n) is 5.89. The molecule has 0 spiro atoms. The molecule has 1 aromatic rings. The molecule has 0 N–H and O–H groups in total. The second-order valence-electron chi connectivity index (χ2n) is 4.76. The minimum absolute atomic E-state index is 0.103. The first kappa shape index (κ1) is 16.0. The van der Waals surface area contributed by atoms with E-state index in [1.807, 2.05) is 26.8 Å². The van der Waals surface area contributed by atoms with Crippen molar-refractivity contribution in [2.45, 2.75) is 31.7 Å². The van der Waals surface area contributed by atoms with Gasteiger partial charge in [-0.1, -0.05) is 25.4 Å². The van der Waals surface area contributed by atoms with E-state index >= 15 is 0 Å². The van der Waals surface area contributed by atoms with E-state index in [0.717, 1.165) is 0 Å². The average molecular weight is 301 g/mol. The van der Waals surface area contributed by atoms with Gasteiger partial charge in [-0.15, -0.1) is 0 Å². The topological polar surface area (TPSA) is 61.2 Å². The predicted molar refractivity (Wildman–Crippen MR) is 75.4 cm³/mol. The number of rotatable bonds is 4. The van der Waals surface area contributed by atoms with Gasteiger partial charge < -0.3 is 0 Å². The van der Waals surface area contributed by atoms with Crippen molar-refractivity contribution in [1.29, 1.82) is 5.26 Å². The summed E-state index contributed by atoms with van der Waals surface area (Å²) in [6, 6.07) is 5.92. The summed E-state index contributed by atoms with van der Waals surface area (Å²) < 4.78 is 26.2. The molecule has 1 rings (SSSR count). The lowest BCUT2D eigenvalue weighted by Gasteiger charge is -2.27. The fraction of sp³-hybridized carbons (Fsp3) is 0.462. The molecule has 0 aliphatic heterocycles. The molecule has 1 atom stereocenters. The van der Waals surface area contributed by atoms with E-state index < -0.39 is 10.0 Å². The number of sulfonamides is 1. The first-order chi connectivity index (χ1) is 8.71. The van der Waals surface area contributed by atoms with E-state index in [2.05, 4.69) is 0 Å². The normalized spacial score (nSPS) is 13.6. The highest BCUT2D eigenvalue weighted by Gasteiger charge is 2.27. The average Bonchev–Trinajstić information content (AvgIpc) is 2.36. The lowest BCUT2D eigenvalue weighted by atomic mass is 10.1. The van der Waals surface area contributed by atoms with Gasteiger partial charge in [-0.05, 0) is 31.0 Å². The maximum atomic E-state index is 12.4. The summed E-state index contributed by atoms with van der Waals surface area (Å²) in [4.78, 5) is 0.103. The number of nitrogens with zero attached hydrogens (tertiary/aromatic N) is 2. The maximum Gasteiger partial charge on any atom is 0.243 e. The monoisotopic (exact) mass is 300 g/mol. The van der Waals surface area contributed by atoms with Crippen LogP contribution in [0.4, 0.5) is 0 Å². The molecule has 4 nitrogen and oxygen atoms in total. The Hall–Kier alpha value is -1.09.